The molecule has 1 aromatic carbocycles. The molecule has 14 nitrogen and oxygen atoms in total. The zero-order chi connectivity index (χ0) is 27.3. The Hall–Kier alpha value is -4.04. The summed E-state index contributed by atoms with van der Waals surface area (Å²) < 4.78 is 0. The number of amides is 4. The molecule has 1 aromatic rings. The fraction of sp³-hybridized carbons (Fsp3) is 0.455. The van der Waals surface area contributed by atoms with Crippen molar-refractivity contribution in [2.45, 2.75) is 56.3 Å². The summed E-state index contributed by atoms with van der Waals surface area (Å²) in [5, 5.41) is 34.1. The first kappa shape index (κ1) is 30.0. The van der Waals surface area contributed by atoms with E-state index in [9.17, 15) is 33.9 Å². The van der Waals surface area contributed by atoms with Gasteiger partial charge in [0.15, 0.2) is 0 Å². The molecule has 0 saturated heterocycles. The molecule has 10 N–H and O–H groups in total. The summed E-state index contributed by atoms with van der Waals surface area (Å²) in [4.78, 5) is 71.6. The quantitative estimate of drug-likeness (QED) is 0.114. The zero-order valence-corrected chi connectivity index (χ0v) is 19.4. The second-order valence-corrected chi connectivity index (χ2v) is 7.94. The van der Waals surface area contributed by atoms with E-state index in [1.54, 1.807) is 30.3 Å². The summed E-state index contributed by atoms with van der Waals surface area (Å²) in [5.41, 5.74) is 11.3. The molecule has 0 aliphatic carbocycles. The van der Waals surface area contributed by atoms with E-state index >= 15 is 0 Å². The van der Waals surface area contributed by atoms with Crippen molar-refractivity contribution in [1.82, 2.24) is 16.0 Å². The van der Waals surface area contributed by atoms with Gasteiger partial charge in [-0.05, 0) is 18.4 Å². The highest BCUT2D eigenvalue weighted by Crippen LogP contribution is 2.07. The molecule has 0 unspecified atom stereocenters. The number of aliphatic hydroxyl groups excluding tert-OH is 1. The molecule has 1 rings (SSSR count). The number of carboxylic acids is 2. The molecule has 36 heavy (non-hydrogen) atoms. The van der Waals surface area contributed by atoms with Gasteiger partial charge in [0.05, 0.1) is 6.61 Å². The number of hydrogen-bond acceptors (Lipinski definition) is 8. The number of rotatable bonds is 16. The third-order valence-electron chi connectivity index (χ3n) is 5.02. The average molecular weight is 510 g/mol. The maximum atomic E-state index is 13.1. The van der Waals surface area contributed by atoms with Crippen molar-refractivity contribution in [3.05, 3.63) is 35.9 Å². The van der Waals surface area contributed by atoms with Gasteiger partial charge in [-0.1, -0.05) is 30.3 Å². The van der Waals surface area contributed by atoms with Gasteiger partial charge >= 0.3 is 11.9 Å². The van der Waals surface area contributed by atoms with Gasteiger partial charge in [-0.15, -0.1) is 0 Å². The highest BCUT2D eigenvalue weighted by molar-refractivity contribution is 5.94. The molecule has 0 spiro atoms. The minimum Gasteiger partial charge on any atom is -0.481 e. The number of benzene rings is 1. The van der Waals surface area contributed by atoms with E-state index in [-0.39, 0.29) is 19.3 Å². The van der Waals surface area contributed by atoms with E-state index in [0.717, 1.165) is 0 Å². The number of primary amides is 1. The van der Waals surface area contributed by atoms with Crippen LogP contribution in [0.25, 0.3) is 0 Å². The minimum atomic E-state index is -1.57. The summed E-state index contributed by atoms with van der Waals surface area (Å²) >= 11 is 0. The van der Waals surface area contributed by atoms with Crippen molar-refractivity contribution < 1.29 is 44.1 Å². The molecule has 14 heteroatoms. The third-order valence-corrected chi connectivity index (χ3v) is 5.02. The summed E-state index contributed by atoms with van der Waals surface area (Å²) in [5.74, 6) is -6.21. The fourth-order valence-corrected chi connectivity index (χ4v) is 3.05. The van der Waals surface area contributed by atoms with Crippen molar-refractivity contribution in [2.24, 2.45) is 11.5 Å². The molecule has 0 heterocycles. The van der Waals surface area contributed by atoms with Crippen molar-refractivity contribution in [3.8, 4) is 0 Å². The van der Waals surface area contributed by atoms with Gasteiger partial charge in [0.25, 0.3) is 0 Å². The first-order chi connectivity index (χ1) is 16.9. The van der Waals surface area contributed by atoms with Crippen LogP contribution < -0.4 is 27.4 Å². The van der Waals surface area contributed by atoms with Crippen LogP contribution in [-0.2, 0) is 35.2 Å². The van der Waals surface area contributed by atoms with Crippen molar-refractivity contribution in [1.29, 1.82) is 0 Å². The van der Waals surface area contributed by atoms with Gasteiger partial charge in [0.1, 0.15) is 24.2 Å². The van der Waals surface area contributed by atoms with Crippen LogP contribution in [0.3, 0.4) is 0 Å². The van der Waals surface area contributed by atoms with Crippen LogP contribution in [-0.4, -0.2) is 81.7 Å². The standard InChI is InChI=1S/C22H31N5O9/c23-13(11-28)19(32)27-16(10-12-4-2-1-3-5-12)21(34)25-14(6-8-17(24)29)20(33)26-15(22(35)36)7-9-18(30)31/h1-5,13-16,28H,6-11,23H2,(H2,24,29)(H,25,34)(H,26,33)(H,27,32)(H,30,31)(H,35,36)/t13-,14-,15-,16-/m0/s1. The normalized spacial score (nSPS) is 13.9. The number of hydrogen-bond donors (Lipinski definition) is 8. The zero-order valence-electron chi connectivity index (χ0n) is 19.4. The number of aliphatic hydroxyl groups is 1. The number of nitrogens with two attached hydrogens (primary N) is 2. The van der Waals surface area contributed by atoms with Crippen LogP contribution in [0.1, 0.15) is 31.2 Å². The molecular weight excluding hydrogens is 478 g/mol. The second kappa shape index (κ2) is 15.1. The lowest BCUT2D eigenvalue weighted by Crippen LogP contribution is -2.58. The number of aliphatic carboxylic acids is 2. The van der Waals surface area contributed by atoms with E-state index in [1.807, 2.05) is 0 Å². The molecule has 0 radical (unpaired) electrons. The lowest BCUT2D eigenvalue weighted by Gasteiger charge is -2.25. The molecule has 0 aliphatic heterocycles. The van der Waals surface area contributed by atoms with Crippen LogP contribution >= 0.6 is 0 Å². The molecule has 0 bridgehead atoms. The van der Waals surface area contributed by atoms with E-state index in [2.05, 4.69) is 16.0 Å². The van der Waals surface area contributed by atoms with Gasteiger partial charge in [0.2, 0.25) is 23.6 Å². The fourth-order valence-electron chi connectivity index (χ4n) is 3.05. The first-order valence-electron chi connectivity index (χ1n) is 11.0. The second-order valence-electron chi connectivity index (χ2n) is 7.94. The Morgan fingerprint density at radius 1 is 0.778 bits per heavy atom. The summed E-state index contributed by atoms with van der Waals surface area (Å²) in [6.07, 6.45) is -1.60. The van der Waals surface area contributed by atoms with E-state index in [0.29, 0.717) is 5.56 Å². The van der Waals surface area contributed by atoms with Crippen molar-refractivity contribution in [2.75, 3.05) is 6.61 Å². The average Bonchev–Trinajstić information content (AvgIpc) is 2.83. The largest absolute Gasteiger partial charge is 0.481 e. The smallest absolute Gasteiger partial charge is 0.326 e. The number of nitrogens with one attached hydrogen (secondary N) is 3. The molecule has 4 amide bonds. The minimum absolute atomic E-state index is 0.0168. The lowest BCUT2D eigenvalue weighted by atomic mass is 10.0. The SMILES string of the molecule is NC(=O)CC[C@H](NC(=O)[C@H](Cc1ccccc1)NC(=O)[C@@H](N)CO)C(=O)N[C@@H](CCC(=O)O)C(=O)O. The molecule has 0 saturated carbocycles. The summed E-state index contributed by atoms with van der Waals surface area (Å²) in [6.45, 7) is -0.679. The van der Waals surface area contributed by atoms with Crippen LogP contribution in [0, 0.1) is 0 Å². The number of carbonyl (C=O) groups excluding carboxylic acids is 4. The molecule has 198 valence electrons. The summed E-state index contributed by atoms with van der Waals surface area (Å²) in [7, 11) is 0. The van der Waals surface area contributed by atoms with Gasteiger partial charge in [-0.25, -0.2) is 4.79 Å². The van der Waals surface area contributed by atoms with Crippen molar-refractivity contribution >= 4 is 35.6 Å². The van der Waals surface area contributed by atoms with Gasteiger partial charge in [-0.3, -0.25) is 24.0 Å². The van der Waals surface area contributed by atoms with E-state index < -0.39 is 79.2 Å². The number of carbonyl (C=O) groups is 6. The molecule has 4 atom stereocenters. The van der Waals surface area contributed by atoms with E-state index in [4.69, 9.17) is 21.7 Å². The first-order valence-corrected chi connectivity index (χ1v) is 11.0. The van der Waals surface area contributed by atoms with Gasteiger partial charge < -0.3 is 42.7 Å². The predicted octanol–water partition coefficient (Wildman–Crippen LogP) is -2.78. The molecule has 0 aliphatic rings. The van der Waals surface area contributed by atoms with Crippen LogP contribution in [0.15, 0.2) is 30.3 Å². The predicted molar refractivity (Wildman–Crippen MR) is 124 cm³/mol. The van der Waals surface area contributed by atoms with Crippen molar-refractivity contribution in [3.63, 3.8) is 0 Å². The van der Waals surface area contributed by atoms with Crippen LogP contribution in [0.4, 0.5) is 0 Å². The topological polar surface area (TPSA) is 251 Å². The Labute approximate surface area is 206 Å². The molecular formula is C22H31N5O9. The Morgan fingerprint density at radius 2 is 1.31 bits per heavy atom. The molecule has 0 fully saturated rings. The van der Waals surface area contributed by atoms with Crippen LogP contribution in [0.2, 0.25) is 0 Å². The Morgan fingerprint density at radius 3 is 1.83 bits per heavy atom. The van der Waals surface area contributed by atoms with E-state index in [1.165, 1.54) is 0 Å². The maximum absolute atomic E-state index is 13.1. The maximum Gasteiger partial charge on any atom is 0.326 e. The molecule has 0 aromatic heterocycles. The van der Waals surface area contributed by atoms with Gasteiger partial charge in [0, 0.05) is 19.3 Å². The third kappa shape index (κ3) is 10.9. The van der Waals surface area contributed by atoms with Crippen LogP contribution in [0.5, 0.6) is 0 Å². The Balaban J connectivity index is 3.10. The lowest BCUT2D eigenvalue weighted by molar-refractivity contribution is -0.143. The monoisotopic (exact) mass is 509 g/mol. The van der Waals surface area contributed by atoms with Gasteiger partial charge in [-0.2, -0.15) is 0 Å². The number of carboxylic acid groups (broad SMARTS) is 2. The Bertz CT molecular complexity index is 941. The highest BCUT2D eigenvalue weighted by Gasteiger charge is 2.30. The summed E-state index contributed by atoms with van der Waals surface area (Å²) in [6, 6.07) is 2.98. The highest BCUT2D eigenvalue weighted by atomic mass is 16.4. The Kier molecular flexibility index (Phi) is 12.5.